The largest absolute Gasteiger partial charge is 4.00 e. The van der Waals surface area contributed by atoms with E-state index in [0.29, 0.717) is 5.75 Å². The molecule has 21 heteroatoms. The molecule has 0 radical (unpaired) electrons. The summed E-state index contributed by atoms with van der Waals surface area (Å²) in [4.78, 5) is 16.0. The topological polar surface area (TPSA) is 264 Å². The maximum atomic E-state index is 9.95. The van der Waals surface area contributed by atoms with Gasteiger partial charge in [-0.25, -0.2) is 9.97 Å². The Labute approximate surface area is 285 Å². The van der Waals surface area contributed by atoms with E-state index in [9.17, 15) is 8.42 Å². The zero-order valence-electron chi connectivity index (χ0n) is 23.3. The van der Waals surface area contributed by atoms with Gasteiger partial charge in [0.2, 0.25) is 0 Å². The van der Waals surface area contributed by atoms with Crippen LogP contribution in [0.3, 0.4) is 0 Å². The summed E-state index contributed by atoms with van der Waals surface area (Å²) in [6, 6.07) is 24.7. The summed E-state index contributed by atoms with van der Waals surface area (Å²) in [6.07, 6.45) is 8.05. The maximum Gasteiger partial charge on any atom is 4.00 e. The van der Waals surface area contributed by atoms with Gasteiger partial charge in [0.25, 0.3) is 0 Å². The van der Waals surface area contributed by atoms with Crippen LogP contribution in [-0.4, -0.2) is 33.6 Å². The number of H-pyrrole nitrogens is 2. The van der Waals surface area contributed by atoms with Gasteiger partial charge in [0.15, 0.2) is 0 Å². The molecular weight excluding hydrogens is 741 g/mol. The molecule has 0 aliphatic carbocycles. The fraction of sp³-hybridized carbons (Fsp3) is 0. The predicted molar refractivity (Wildman–Crippen MR) is 169 cm³/mol. The second-order valence-corrected chi connectivity index (χ2v) is 10.0. The molecule has 2 aliphatic heterocycles. The molecule has 6 rings (SSSR count). The van der Waals surface area contributed by atoms with Gasteiger partial charge in [0, 0.05) is 55.0 Å². The van der Waals surface area contributed by atoms with Crippen molar-refractivity contribution in [3.63, 3.8) is 0 Å². The van der Waals surface area contributed by atoms with Crippen molar-refractivity contribution in [2.45, 2.75) is 0 Å². The van der Waals surface area contributed by atoms with E-state index in [1.165, 1.54) is 0 Å². The van der Waals surface area contributed by atoms with Crippen LogP contribution in [0.2, 0.25) is 0 Å². The minimum absolute atomic E-state index is 0. The van der Waals surface area contributed by atoms with E-state index in [4.69, 9.17) is 38.9 Å². The number of aromatic nitrogens is 4. The Morgan fingerprint density at radius 1 is 0.489 bits per heavy atom. The minimum atomic E-state index is -2.86. The summed E-state index contributed by atoms with van der Waals surface area (Å²) in [5.74, 6) is 0.329. The van der Waals surface area contributed by atoms with Crippen LogP contribution in [0.4, 0.5) is 0 Å². The second-order valence-electron chi connectivity index (χ2n) is 8.16. The number of para-hydroxylation sites is 1. The number of aromatic amines is 2. The summed E-state index contributed by atoms with van der Waals surface area (Å²) in [5.41, 5.74) is 7.86. The number of nitrogens with zero attached hydrogens (tertiary/aromatic N) is 2. The normalized spacial score (nSPS) is 10.7. The van der Waals surface area contributed by atoms with Crippen molar-refractivity contribution in [3.05, 3.63) is 102 Å². The first-order valence-corrected chi connectivity index (χ1v) is 16.1. The van der Waals surface area contributed by atoms with Crippen LogP contribution in [0.1, 0.15) is 22.8 Å². The van der Waals surface area contributed by atoms with Gasteiger partial charge in [-0.15, -0.1) is 0 Å². The van der Waals surface area contributed by atoms with E-state index in [0.717, 1.165) is 44.8 Å². The van der Waals surface area contributed by atoms with Crippen LogP contribution in [0.5, 0.6) is 5.75 Å². The Kier molecular flexibility index (Phi) is 18.8. The third-order valence-electron chi connectivity index (χ3n) is 4.95. The molecule has 5 heterocycles. The molecule has 0 atom stereocenters. The standard InChI is InChI=1S/C20H14N4.C6H5O3S.Cr.3HO3S/c1-2-14-10-16-5-6-18(23-16)12-20-8-7-19(24-20)11-17-4-3-15(22-17)9-13(1)21-14;7-10(8)9-6-4-2-1-3-5-6;;3*1-4(2)3/h1-12,21-22H;1-5H;;3*(H,1,2,3)/q;-1;+4;3*-1. The number of fused-ring (bicyclic) bond motifs is 8. The van der Waals surface area contributed by atoms with Gasteiger partial charge in [0.05, 0.1) is 22.8 Å². The summed E-state index contributed by atoms with van der Waals surface area (Å²) in [5, 5.41) is 0. The summed E-state index contributed by atoms with van der Waals surface area (Å²) < 4.78 is 96.5. The van der Waals surface area contributed by atoms with E-state index < -0.39 is 43.9 Å². The number of nitrogens with one attached hydrogen (secondary N) is 2. The van der Waals surface area contributed by atoms with Crippen LogP contribution in [0, 0.1) is 0 Å². The van der Waals surface area contributed by atoms with Crippen LogP contribution in [-0.2, 0) is 95.0 Å². The van der Waals surface area contributed by atoms with E-state index >= 15 is 0 Å². The maximum absolute atomic E-state index is 9.95. The predicted octanol–water partition coefficient (Wildman–Crippen LogP) is 5.25. The zero-order valence-corrected chi connectivity index (χ0v) is 27.8. The minimum Gasteiger partial charge on any atom is -0.533 e. The first-order chi connectivity index (χ1) is 21.8. The third-order valence-corrected chi connectivity index (χ3v) is 5.28. The Hall–Kier alpha value is -4.17. The van der Waals surface area contributed by atoms with E-state index in [-0.39, 0.29) is 17.4 Å². The molecule has 2 aliphatic rings. The Morgan fingerprint density at radius 3 is 1.15 bits per heavy atom. The van der Waals surface area contributed by atoms with Crippen molar-refractivity contribution in [3.8, 4) is 5.75 Å². The zero-order chi connectivity index (χ0) is 34.1. The molecule has 248 valence electrons. The molecule has 0 fully saturated rings. The molecular formula is C26H22CrN4O12S4. The van der Waals surface area contributed by atoms with Crippen molar-refractivity contribution in [1.82, 2.24) is 19.9 Å². The number of rotatable bonds is 2. The van der Waals surface area contributed by atoms with Crippen molar-refractivity contribution in [2.75, 3.05) is 0 Å². The summed E-state index contributed by atoms with van der Waals surface area (Å²) in [7, 11) is -11.0. The molecule has 3 aromatic heterocycles. The molecule has 0 amide bonds. The molecule has 47 heavy (non-hydrogen) atoms. The Bertz CT molecular complexity index is 1990. The SMILES string of the molecule is C1=Cc2cc3ccc(cc4ccc(cc5nc(cc1n2)C=C5)[nH]4)[nH]3.O=[S-](=O)O.O=[S-](=O)O.O=[S-](=O)O.O=[S-](=O)Oc1ccccc1.[Cr+4]. The molecule has 0 spiro atoms. The smallest absolute Gasteiger partial charge is 0.533 e. The molecule has 0 saturated heterocycles. The van der Waals surface area contributed by atoms with Gasteiger partial charge < -0.3 is 61.5 Å². The van der Waals surface area contributed by atoms with Crippen molar-refractivity contribution >= 4 is 90.3 Å². The van der Waals surface area contributed by atoms with Crippen LogP contribution >= 0.6 is 0 Å². The van der Waals surface area contributed by atoms with Gasteiger partial charge in [-0.3, -0.25) is 0 Å². The molecule has 5 N–H and O–H groups in total. The Morgan fingerprint density at radius 2 is 0.809 bits per heavy atom. The van der Waals surface area contributed by atoms with Crippen LogP contribution in [0.25, 0.3) is 46.4 Å². The molecule has 0 saturated carbocycles. The molecule has 4 aromatic rings. The van der Waals surface area contributed by atoms with Gasteiger partial charge in [-0.05, 0) is 85.0 Å². The fourth-order valence-corrected chi connectivity index (χ4v) is 3.77. The van der Waals surface area contributed by atoms with Gasteiger partial charge >= 0.3 is 17.4 Å². The number of hydrogen-bond acceptors (Lipinski definition) is 15. The summed E-state index contributed by atoms with van der Waals surface area (Å²) in [6.45, 7) is 0. The molecule has 16 nitrogen and oxygen atoms in total. The average molecular weight is 763 g/mol. The first kappa shape index (κ1) is 40.9. The average Bonchev–Trinajstić information content (AvgIpc) is 3.75. The van der Waals surface area contributed by atoms with Crippen molar-refractivity contribution < 1.29 is 68.9 Å². The monoisotopic (exact) mass is 762 g/mol. The molecule has 0 unspecified atom stereocenters. The van der Waals surface area contributed by atoms with Crippen molar-refractivity contribution in [2.24, 2.45) is 0 Å². The molecule has 1 aromatic carbocycles. The number of benzene rings is 1. The van der Waals surface area contributed by atoms with Crippen LogP contribution < -0.4 is 4.18 Å². The third kappa shape index (κ3) is 18.5. The van der Waals surface area contributed by atoms with Crippen molar-refractivity contribution in [1.29, 1.82) is 0 Å². The van der Waals surface area contributed by atoms with Crippen LogP contribution in [0.15, 0.2) is 78.9 Å². The quantitative estimate of drug-likeness (QED) is 0.0857. The van der Waals surface area contributed by atoms with E-state index in [2.05, 4.69) is 54.5 Å². The van der Waals surface area contributed by atoms with E-state index in [1.807, 2.05) is 42.5 Å². The second kappa shape index (κ2) is 21.6. The number of hydrogen-bond donors (Lipinski definition) is 5. The molecule has 8 bridgehead atoms. The summed E-state index contributed by atoms with van der Waals surface area (Å²) >= 11 is 0. The van der Waals surface area contributed by atoms with Gasteiger partial charge in [-0.2, -0.15) is 0 Å². The fourth-order valence-electron chi connectivity index (χ4n) is 3.50. The van der Waals surface area contributed by atoms with Gasteiger partial charge in [-0.1, -0.05) is 18.2 Å². The first-order valence-electron chi connectivity index (χ1n) is 12.0. The van der Waals surface area contributed by atoms with Gasteiger partial charge in [0.1, 0.15) is 16.7 Å². The van der Waals surface area contributed by atoms with E-state index in [1.54, 1.807) is 30.3 Å². The Balaban J connectivity index is 0.000000399.